The van der Waals surface area contributed by atoms with Gasteiger partial charge in [0.2, 0.25) is 5.91 Å². The molecular weight excluding hydrogens is 342 g/mol. The average molecular weight is 365 g/mol. The summed E-state index contributed by atoms with van der Waals surface area (Å²) in [5.74, 6) is -0.150. The van der Waals surface area contributed by atoms with Gasteiger partial charge >= 0.3 is 12.0 Å². The molecule has 142 valence electrons. The van der Waals surface area contributed by atoms with Crippen molar-refractivity contribution >= 4 is 24.4 Å². The van der Waals surface area contributed by atoms with Crippen molar-refractivity contribution < 1.29 is 29.0 Å². The maximum Gasteiger partial charge on any atom is 0.337 e. The normalized spacial score (nSPS) is 15.4. The van der Waals surface area contributed by atoms with Crippen molar-refractivity contribution in [2.75, 3.05) is 26.7 Å². The first-order chi connectivity index (χ1) is 12.4. The first-order valence-electron chi connectivity index (χ1n) is 7.97. The van der Waals surface area contributed by atoms with Gasteiger partial charge in [-0.1, -0.05) is 12.1 Å². The minimum atomic E-state index is -0.700. The summed E-state index contributed by atoms with van der Waals surface area (Å²) in [6.07, 6.45) is 1.68. The molecule has 26 heavy (non-hydrogen) atoms. The Morgan fingerprint density at radius 1 is 1.42 bits per heavy atom. The van der Waals surface area contributed by atoms with Crippen LogP contribution in [0.2, 0.25) is 0 Å². The Kier molecular flexibility index (Phi) is 8.62. The van der Waals surface area contributed by atoms with Crippen molar-refractivity contribution in [3.8, 4) is 0 Å². The molecule has 1 saturated heterocycles. The van der Waals surface area contributed by atoms with Gasteiger partial charge in [0.25, 0.3) is 6.47 Å². The lowest BCUT2D eigenvalue weighted by Gasteiger charge is -2.16. The lowest BCUT2D eigenvalue weighted by Crippen LogP contribution is -2.41. The van der Waals surface area contributed by atoms with E-state index in [9.17, 15) is 14.4 Å². The number of amides is 3. The van der Waals surface area contributed by atoms with E-state index in [2.05, 4.69) is 5.32 Å². The second-order valence-electron chi connectivity index (χ2n) is 5.71. The molecule has 9 nitrogen and oxygen atoms in total. The molecule has 0 bridgehead atoms. The number of likely N-dealkylation sites (tertiary alicyclic amines) is 1. The number of primary amides is 1. The molecule has 0 aromatic heterocycles. The molecule has 1 aromatic rings. The van der Waals surface area contributed by atoms with E-state index >= 15 is 0 Å². The van der Waals surface area contributed by atoms with Crippen LogP contribution in [-0.4, -0.2) is 61.1 Å². The fourth-order valence-electron chi connectivity index (χ4n) is 2.78. The van der Waals surface area contributed by atoms with Gasteiger partial charge in [0.15, 0.2) is 0 Å². The van der Waals surface area contributed by atoms with Gasteiger partial charge in [0, 0.05) is 13.1 Å². The number of urea groups is 1. The summed E-state index contributed by atoms with van der Waals surface area (Å²) in [6.45, 7) is 0.988. The molecule has 1 fully saturated rings. The van der Waals surface area contributed by atoms with E-state index < -0.39 is 6.03 Å². The molecule has 1 aliphatic rings. The highest BCUT2D eigenvalue weighted by Gasteiger charge is 2.26. The summed E-state index contributed by atoms with van der Waals surface area (Å²) in [4.78, 5) is 44.2. The number of carboxylic acid groups (broad SMARTS) is 1. The number of methoxy groups -OCH3 is 1. The van der Waals surface area contributed by atoms with Crippen LogP contribution in [0.25, 0.3) is 0 Å². The van der Waals surface area contributed by atoms with E-state index in [0.717, 1.165) is 18.4 Å². The van der Waals surface area contributed by atoms with Crippen LogP contribution >= 0.6 is 0 Å². The van der Waals surface area contributed by atoms with Gasteiger partial charge in [0.1, 0.15) is 0 Å². The number of nitrogens with zero attached hydrogens (tertiary/aromatic N) is 1. The molecule has 0 radical (unpaired) electrons. The number of hydrogen-bond donors (Lipinski definition) is 3. The number of nitrogens with two attached hydrogens (primary N) is 1. The molecule has 1 aliphatic heterocycles. The zero-order valence-corrected chi connectivity index (χ0v) is 14.5. The summed E-state index contributed by atoms with van der Waals surface area (Å²) in [5.41, 5.74) is 6.53. The second kappa shape index (κ2) is 10.7. The molecule has 0 saturated carbocycles. The number of carbonyl (C=O) groups excluding carboxylic acids is 3. The van der Waals surface area contributed by atoms with Crippen LogP contribution in [0.15, 0.2) is 24.3 Å². The van der Waals surface area contributed by atoms with Crippen LogP contribution in [0.3, 0.4) is 0 Å². The maximum atomic E-state index is 11.9. The predicted molar refractivity (Wildman–Crippen MR) is 92.5 cm³/mol. The SMILES string of the molecule is COC(=O)c1cccc(CC2CCN(C(=O)CNC(N)=O)C2)c1.O=CO. The predicted octanol–water partition coefficient (Wildman–Crippen LogP) is 0.233. The zero-order chi connectivity index (χ0) is 19.5. The summed E-state index contributed by atoms with van der Waals surface area (Å²) >= 11 is 0. The molecule has 1 atom stereocenters. The highest BCUT2D eigenvalue weighted by atomic mass is 16.5. The number of benzene rings is 1. The number of carbonyl (C=O) groups is 4. The lowest BCUT2D eigenvalue weighted by molar-refractivity contribution is -0.129. The molecular formula is C17H23N3O6. The Morgan fingerprint density at radius 2 is 2.12 bits per heavy atom. The molecule has 3 amide bonds. The fraction of sp³-hybridized carbons (Fsp3) is 0.412. The Labute approximate surface area is 151 Å². The maximum absolute atomic E-state index is 11.9. The number of hydrogen-bond acceptors (Lipinski definition) is 5. The minimum absolute atomic E-state index is 0.0696. The zero-order valence-electron chi connectivity index (χ0n) is 14.5. The van der Waals surface area contributed by atoms with Crippen molar-refractivity contribution in [2.24, 2.45) is 11.7 Å². The Balaban J connectivity index is 0.00000105. The van der Waals surface area contributed by atoms with Crippen molar-refractivity contribution in [3.63, 3.8) is 0 Å². The van der Waals surface area contributed by atoms with Crippen molar-refractivity contribution in [3.05, 3.63) is 35.4 Å². The molecule has 0 spiro atoms. The fourth-order valence-corrected chi connectivity index (χ4v) is 2.78. The topological polar surface area (TPSA) is 139 Å². The average Bonchev–Trinajstić information content (AvgIpc) is 3.08. The third-order valence-electron chi connectivity index (χ3n) is 3.92. The highest BCUT2D eigenvalue weighted by Crippen LogP contribution is 2.21. The Hall–Kier alpha value is -3.10. The van der Waals surface area contributed by atoms with Gasteiger partial charge in [-0.2, -0.15) is 0 Å². The first kappa shape index (κ1) is 20.9. The van der Waals surface area contributed by atoms with Crippen LogP contribution in [-0.2, 0) is 20.7 Å². The molecule has 1 unspecified atom stereocenters. The third-order valence-corrected chi connectivity index (χ3v) is 3.92. The second-order valence-corrected chi connectivity index (χ2v) is 5.71. The monoisotopic (exact) mass is 365 g/mol. The van der Waals surface area contributed by atoms with Crippen LogP contribution in [0, 0.1) is 5.92 Å². The van der Waals surface area contributed by atoms with Crippen molar-refractivity contribution in [2.45, 2.75) is 12.8 Å². The quantitative estimate of drug-likeness (QED) is 0.504. The largest absolute Gasteiger partial charge is 0.483 e. The van der Waals surface area contributed by atoms with Gasteiger partial charge in [0.05, 0.1) is 19.2 Å². The smallest absolute Gasteiger partial charge is 0.337 e. The van der Waals surface area contributed by atoms with Crippen molar-refractivity contribution in [1.29, 1.82) is 0 Å². The van der Waals surface area contributed by atoms with E-state index in [1.807, 2.05) is 18.2 Å². The lowest BCUT2D eigenvalue weighted by atomic mass is 9.97. The molecule has 1 aromatic carbocycles. The minimum Gasteiger partial charge on any atom is -0.483 e. The van der Waals surface area contributed by atoms with E-state index in [-0.39, 0.29) is 24.9 Å². The molecule has 9 heteroatoms. The molecule has 1 heterocycles. The number of nitrogens with one attached hydrogen (secondary N) is 1. The van der Waals surface area contributed by atoms with Gasteiger partial charge in [-0.25, -0.2) is 9.59 Å². The van der Waals surface area contributed by atoms with Gasteiger partial charge in [-0.3, -0.25) is 9.59 Å². The van der Waals surface area contributed by atoms with E-state index in [0.29, 0.717) is 24.6 Å². The van der Waals surface area contributed by atoms with Gasteiger partial charge < -0.3 is 25.8 Å². The van der Waals surface area contributed by atoms with Gasteiger partial charge in [-0.05, 0) is 36.5 Å². The van der Waals surface area contributed by atoms with Crippen LogP contribution < -0.4 is 11.1 Å². The summed E-state index contributed by atoms with van der Waals surface area (Å²) in [6, 6.07) is 6.64. The van der Waals surface area contributed by atoms with Crippen LogP contribution in [0.4, 0.5) is 4.79 Å². The Bertz CT molecular complexity index is 649. The van der Waals surface area contributed by atoms with Crippen LogP contribution in [0.5, 0.6) is 0 Å². The molecule has 4 N–H and O–H groups in total. The summed E-state index contributed by atoms with van der Waals surface area (Å²) < 4.78 is 4.72. The Morgan fingerprint density at radius 3 is 2.73 bits per heavy atom. The number of esters is 1. The molecule has 2 rings (SSSR count). The molecule has 0 aliphatic carbocycles. The van der Waals surface area contributed by atoms with Crippen molar-refractivity contribution in [1.82, 2.24) is 10.2 Å². The first-order valence-corrected chi connectivity index (χ1v) is 7.97. The number of rotatable bonds is 5. The van der Waals surface area contributed by atoms with E-state index in [4.69, 9.17) is 20.4 Å². The summed E-state index contributed by atoms with van der Waals surface area (Å²) in [7, 11) is 1.36. The van der Waals surface area contributed by atoms with Crippen LogP contribution in [0.1, 0.15) is 22.3 Å². The van der Waals surface area contributed by atoms with E-state index in [1.165, 1.54) is 7.11 Å². The van der Waals surface area contributed by atoms with Gasteiger partial charge in [-0.15, -0.1) is 0 Å². The number of ether oxygens (including phenoxy) is 1. The van der Waals surface area contributed by atoms with E-state index in [1.54, 1.807) is 11.0 Å². The third kappa shape index (κ3) is 6.80. The standard InChI is InChI=1S/C16H21N3O4.CH2O2/c1-23-15(21)13-4-2-3-11(8-13)7-12-5-6-19(10-12)14(20)9-18-16(17)22;2-1-3/h2-4,8,12H,5-7,9-10H2,1H3,(H3,17,18,22);1H,(H,2,3). The summed E-state index contributed by atoms with van der Waals surface area (Å²) in [5, 5.41) is 9.20. The highest BCUT2D eigenvalue weighted by molar-refractivity contribution is 5.89.